The first-order chi connectivity index (χ1) is 10.0. The van der Waals surface area contributed by atoms with Crippen LogP contribution in [-0.4, -0.2) is 29.2 Å². The number of carbonyl (C=O) groups excluding carboxylic acids is 2. The molecule has 0 saturated carbocycles. The first-order valence-electron chi connectivity index (χ1n) is 6.99. The van der Waals surface area contributed by atoms with E-state index in [-0.39, 0.29) is 24.9 Å². The van der Waals surface area contributed by atoms with E-state index in [1.54, 1.807) is 17.9 Å². The van der Waals surface area contributed by atoms with Gasteiger partial charge in [-0.3, -0.25) is 9.59 Å². The van der Waals surface area contributed by atoms with Gasteiger partial charge in [0.25, 0.3) is 0 Å². The molecule has 0 N–H and O–H groups in total. The van der Waals surface area contributed by atoms with Crippen LogP contribution in [0.2, 0.25) is 0 Å². The third-order valence-corrected chi connectivity index (χ3v) is 2.91. The van der Waals surface area contributed by atoms with Gasteiger partial charge in [-0.15, -0.1) is 0 Å². The fourth-order valence-electron chi connectivity index (χ4n) is 2.12. The summed E-state index contributed by atoms with van der Waals surface area (Å²) in [7, 11) is 0. The van der Waals surface area contributed by atoms with Crippen LogP contribution in [0.3, 0.4) is 0 Å². The number of fused-ring (bicyclic) bond motifs is 1. The standard InChI is InChI=1S/C16H19NO4/c1-4-20-16(19)9-15(18)13-10-17(21-11(2)3)14-8-6-5-7-12(13)14/h5-8,10-11H,4,9H2,1-3H3. The summed E-state index contributed by atoms with van der Waals surface area (Å²) in [6, 6.07) is 7.44. The predicted molar refractivity (Wildman–Crippen MR) is 79.2 cm³/mol. The molecule has 1 aromatic heterocycles. The monoisotopic (exact) mass is 289 g/mol. The molecule has 5 nitrogen and oxygen atoms in total. The molecule has 0 amide bonds. The number of nitrogens with zero attached hydrogens (tertiary/aromatic N) is 1. The van der Waals surface area contributed by atoms with E-state index in [9.17, 15) is 9.59 Å². The number of carbonyl (C=O) groups is 2. The van der Waals surface area contributed by atoms with E-state index < -0.39 is 5.97 Å². The SMILES string of the molecule is CCOC(=O)CC(=O)c1cn(OC(C)C)c2ccccc12. The van der Waals surface area contributed by atoms with Crippen LogP contribution in [0.1, 0.15) is 37.6 Å². The van der Waals surface area contributed by atoms with Crippen molar-refractivity contribution >= 4 is 22.7 Å². The quantitative estimate of drug-likeness (QED) is 0.466. The van der Waals surface area contributed by atoms with Crippen LogP contribution in [-0.2, 0) is 9.53 Å². The van der Waals surface area contributed by atoms with Crippen molar-refractivity contribution in [1.29, 1.82) is 0 Å². The molecule has 1 heterocycles. The molecule has 2 rings (SSSR count). The lowest BCUT2D eigenvalue weighted by Crippen LogP contribution is -2.18. The summed E-state index contributed by atoms with van der Waals surface area (Å²) in [4.78, 5) is 29.4. The Hall–Kier alpha value is -2.30. The Labute approximate surface area is 123 Å². The molecule has 21 heavy (non-hydrogen) atoms. The largest absolute Gasteiger partial charge is 0.466 e. The fourth-order valence-corrected chi connectivity index (χ4v) is 2.12. The lowest BCUT2D eigenvalue weighted by molar-refractivity contribution is -0.141. The molecule has 0 aliphatic rings. The lowest BCUT2D eigenvalue weighted by atomic mass is 10.1. The van der Waals surface area contributed by atoms with Crippen molar-refractivity contribution in [2.24, 2.45) is 0 Å². The molecule has 0 aliphatic carbocycles. The Balaban J connectivity index is 2.35. The summed E-state index contributed by atoms with van der Waals surface area (Å²) in [6.07, 6.45) is 1.35. The Kier molecular flexibility index (Phi) is 4.62. The Morgan fingerprint density at radius 1 is 1.24 bits per heavy atom. The summed E-state index contributed by atoms with van der Waals surface area (Å²) in [6.45, 7) is 5.80. The number of para-hydroxylation sites is 1. The molecule has 0 aliphatic heterocycles. The molecule has 0 spiro atoms. The average Bonchev–Trinajstić information content (AvgIpc) is 2.77. The Bertz CT molecular complexity index is 657. The Morgan fingerprint density at radius 3 is 2.62 bits per heavy atom. The zero-order valence-corrected chi connectivity index (χ0v) is 12.5. The smallest absolute Gasteiger partial charge is 0.313 e. The van der Waals surface area contributed by atoms with Gasteiger partial charge < -0.3 is 9.57 Å². The summed E-state index contributed by atoms with van der Waals surface area (Å²) in [5.74, 6) is -0.778. The van der Waals surface area contributed by atoms with Crippen molar-refractivity contribution < 1.29 is 19.2 Å². The summed E-state index contributed by atoms with van der Waals surface area (Å²) >= 11 is 0. The van der Waals surface area contributed by atoms with Crippen LogP contribution in [0, 0.1) is 0 Å². The van der Waals surface area contributed by atoms with E-state index in [1.165, 1.54) is 0 Å². The second-order valence-electron chi connectivity index (χ2n) is 4.94. The molecule has 0 unspecified atom stereocenters. The van der Waals surface area contributed by atoms with Crippen molar-refractivity contribution in [2.75, 3.05) is 6.61 Å². The van der Waals surface area contributed by atoms with Crippen molar-refractivity contribution in [2.45, 2.75) is 33.3 Å². The van der Waals surface area contributed by atoms with Crippen LogP contribution in [0.4, 0.5) is 0 Å². The number of Topliss-reactive ketones (excluding diaryl/α,β-unsaturated/α-hetero) is 1. The van der Waals surface area contributed by atoms with E-state index >= 15 is 0 Å². The van der Waals surface area contributed by atoms with E-state index in [0.29, 0.717) is 5.56 Å². The maximum absolute atomic E-state index is 12.3. The zero-order chi connectivity index (χ0) is 15.4. The highest BCUT2D eigenvalue weighted by Crippen LogP contribution is 2.22. The van der Waals surface area contributed by atoms with Crippen LogP contribution in [0.15, 0.2) is 30.5 Å². The van der Waals surface area contributed by atoms with Gasteiger partial charge in [0, 0.05) is 10.9 Å². The second-order valence-corrected chi connectivity index (χ2v) is 4.94. The van der Waals surface area contributed by atoms with Gasteiger partial charge >= 0.3 is 5.97 Å². The van der Waals surface area contributed by atoms with Crippen molar-refractivity contribution in [3.8, 4) is 0 Å². The molecule has 5 heteroatoms. The molecular weight excluding hydrogens is 270 g/mol. The second kappa shape index (κ2) is 6.43. The molecule has 2 aromatic rings. The number of benzene rings is 1. The van der Waals surface area contributed by atoms with Gasteiger partial charge in [-0.1, -0.05) is 18.2 Å². The molecule has 0 fully saturated rings. The van der Waals surface area contributed by atoms with Crippen molar-refractivity contribution in [3.63, 3.8) is 0 Å². The lowest BCUT2D eigenvalue weighted by Gasteiger charge is -2.10. The summed E-state index contributed by atoms with van der Waals surface area (Å²) in [5, 5.41) is 0.771. The third-order valence-electron chi connectivity index (χ3n) is 2.91. The fraction of sp³-hybridized carbons (Fsp3) is 0.375. The molecular formula is C16H19NO4. The van der Waals surface area contributed by atoms with Gasteiger partial charge in [0.15, 0.2) is 5.78 Å². The topological polar surface area (TPSA) is 57.5 Å². The highest BCUT2D eigenvalue weighted by Gasteiger charge is 2.19. The number of esters is 1. The minimum atomic E-state index is -0.510. The first kappa shape index (κ1) is 15.1. The van der Waals surface area contributed by atoms with Crippen LogP contribution in [0.5, 0.6) is 0 Å². The average molecular weight is 289 g/mol. The number of rotatable bonds is 6. The third kappa shape index (κ3) is 3.42. The maximum Gasteiger partial charge on any atom is 0.313 e. The Morgan fingerprint density at radius 2 is 1.95 bits per heavy atom. The minimum Gasteiger partial charge on any atom is -0.466 e. The van der Waals surface area contributed by atoms with Gasteiger partial charge in [0.1, 0.15) is 12.5 Å². The van der Waals surface area contributed by atoms with Crippen molar-refractivity contribution in [3.05, 3.63) is 36.0 Å². The van der Waals surface area contributed by atoms with E-state index in [2.05, 4.69) is 0 Å². The number of aromatic nitrogens is 1. The van der Waals surface area contributed by atoms with Gasteiger partial charge in [0.2, 0.25) is 0 Å². The molecule has 0 bridgehead atoms. The first-order valence-corrected chi connectivity index (χ1v) is 6.99. The normalized spacial score (nSPS) is 10.9. The van der Waals surface area contributed by atoms with E-state index in [0.717, 1.165) is 10.9 Å². The summed E-state index contributed by atoms with van der Waals surface area (Å²) in [5.41, 5.74) is 1.28. The number of ether oxygens (including phenoxy) is 1. The van der Waals surface area contributed by atoms with Gasteiger partial charge in [-0.2, -0.15) is 4.73 Å². The highest BCUT2D eigenvalue weighted by molar-refractivity contribution is 6.13. The minimum absolute atomic E-state index is 0.0196. The van der Waals surface area contributed by atoms with Crippen LogP contribution >= 0.6 is 0 Å². The highest BCUT2D eigenvalue weighted by atomic mass is 16.7. The van der Waals surface area contributed by atoms with E-state index in [1.807, 2.05) is 38.1 Å². The van der Waals surface area contributed by atoms with Crippen LogP contribution < -0.4 is 4.84 Å². The molecule has 1 aromatic carbocycles. The van der Waals surface area contributed by atoms with Crippen LogP contribution in [0.25, 0.3) is 10.9 Å². The molecule has 0 radical (unpaired) electrons. The van der Waals surface area contributed by atoms with Gasteiger partial charge in [-0.25, -0.2) is 0 Å². The van der Waals surface area contributed by atoms with Gasteiger partial charge in [0.05, 0.1) is 18.3 Å². The maximum atomic E-state index is 12.3. The van der Waals surface area contributed by atoms with E-state index in [4.69, 9.17) is 9.57 Å². The number of hydrogen-bond donors (Lipinski definition) is 0. The molecule has 0 atom stereocenters. The van der Waals surface area contributed by atoms with Gasteiger partial charge in [-0.05, 0) is 26.8 Å². The van der Waals surface area contributed by atoms with Crippen molar-refractivity contribution in [1.82, 2.24) is 4.73 Å². The predicted octanol–water partition coefficient (Wildman–Crippen LogP) is 2.61. The number of hydrogen-bond acceptors (Lipinski definition) is 4. The molecule has 112 valence electrons. The summed E-state index contributed by atoms with van der Waals surface area (Å²) < 4.78 is 6.40. The molecule has 0 saturated heterocycles. The zero-order valence-electron chi connectivity index (χ0n) is 12.5. The number of ketones is 1.